The quantitative estimate of drug-likeness (QED) is 0.461. The number of Topliss-reactive ketones (excluding diaryl/α,β-unsaturated/α-hetero) is 1. The fourth-order valence-electron chi connectivity index (χ4n) is 4.86. The van der Waals surface area contributed by atoms with Crippen molar-refractivity contribution in [2.75, 3.05) is 0 Å². The number of piperidine rings is 1. The standard InChI is InChI=1S/C26H23N3O6/c30-16-6-4-14(5-7-16)15-10-22(31)18(23(32)11-15)12-27-20-3-1-2-17-19(20)13-29(26(17)35)21-8-9-24(33)28-25(21)34/h1-7,12,15,21,30-31H,8-11,13H2,(H,28,33,34). The molecule has 3 aliphatic rings. The number of hydrogen-bond donors (Lipinski definition) is 3. The Morgan fingerprint density at radius 2 is 1.77 bits per heavy atom. The van der Waals surface area contributed by atoms with Crippen LogP contribution in [0.5, 0.6) is 5.75 Å². The molecule has 0 spiro atoms. The highest BCUT2D eigenvalue weighted by atomic mass is 16.3. The molecule has 0 radical (unpaired) electrons. The number of phenols is 1. The fourth-order valence-corrected chi connectivity index (χ4v) is 4.86. The number of rotatable bonds is 4. The Morgan fingerprint density at radius 1 is 1.00 bits per heavy atom. The zero-order valence-corrected chi connectivity index (χ0v) is 18.7. The van der Waals surface area contributed by atoms with Crippen molar-refractivity contribution in [3.05, 3.63) is 70.5 Å². The van der Waals surface area contributed by atoms with Crippen molar-refractivity contribution in [2.24, 2.45) is 4.99 Å². The molecule has 9 nitrogen and oxygen atoms in total. The van der Waals surface area contributed by atoms with Crippen molar-refractivity contribution in [1.29, 1.82) is 0 Å². The third-order valence-corrected chi connectivity index (χ3v) is 6.74. The minimum atomic E-state index is -0.729. The number of aliphatic hydroxyl groups excluding tert-OH is 1. The molecule has 2 heterocycles. The summed E-state index contributed by atoms with van der Waals surface area (Å²) in [5.41, 5.74) is 2.50. The molecular weight excluding hydrogens is 450 g/mol. The molecule has 5 rings (SSSR count). The van der Waals surface area contributed by atoms with Gasteiger partial charge in [-0.2, -0.15) is 0 Å². The molecular formula is C26H23N3O6. The maximum Gasteiger partial charge on any atom is 0.255 e. The van der Waals surface area contributed by atoms with Gasteiger partial charge in [-0.3, -0.25) is 29.5 Å². The second-order valence-corrected chi connectivity index (χ2v) is 8.94. The van der Waals surface area contributed by atoms with Gasteiger partial charge in [0.1, 0.15) is 17.6 Å². The van der Waals surface area contributed by atoms with Gasteiger partial charge in [-0.1, -0.05) is 18.2 Å². The number of fused-ring (bicyclic) bond motifs is 1. The van der Waals surface area contributed by atoms with Crippen molar-refractivity contribution in [2.45, 2.75) is 44.2 Å². The van der Waals surface area contributed by atoms with Crippen LogP contribution in [0.2, 0.25) is 0 Å². The average Bonchev–Trinajstić information content (AvgIpc) is 3.16. The number of imide groups is 1. The smallest absolute Gasteiger partial charge is 0.255 e. The van der Waals surface area contributed by atoms with Crippen LogP contribution in [-0.4, -0.2) is 50.9 Å². The number of carbonyl (C=O) groups is 4. The SMILES string of the molecule is O=C1CCC(N2Cc3c(N=CC4=C(O)CC(c5ccc(O)cc5)CC4=O)cccc3C2=O)C(=O)N1. The first-order valence-corrected chi connectivity index (χ1v) is 11.4. The first-order valence-electron chi connectivity index (χ1n) is 11.4. The lowest BCUT2D eigenvalue weighted by atomic mass is 9.83. The van der Waals surface area contributed by atoms with Crippen LogP contribution in [0.15, 0.2) is 58.8 Å². The molecule has 0 saturated carbocycles. The Balaban J connectivity index is 1.37. The zero-order chi connectivity index (χ0) is 24.7. The molecule has 3 amide bonds. The van der Waals surface area contributed by atoms with E-state index in [9.17, 15) is 29.4 Å². The molecule has 2 aliphatic heterocycles. The van der Waals surface area contributed by atoms with E-state index in [0.717, 1.165) is 5.56 Å². The number of hydrogen-bond acceptors (Lipinski definition) is 7. The highest BCUT2D eigenvalue weighted by Crippen LogP contribution is 2.36. The first kappa shape index (κ1) is 22.5. The minimum Gasteiger partial charge on any atom is -0.511 e. The number of aliphatic imine (C=N–C) groups is 1. The van der Waals surface area contributed by atoms with Crippen LogP contribution >= 0.6 is 0 Å². The highest BCUT2D eigenvalue weighted by molar-refractivity contribution is 6.15. The summed E-state index contributed by atoms with van der Waals surface area (Å²) in [6.45, 7) is 0.163. The lowest BCUT2D eigenvalue weighted by molar-refractivity contribution is -0.137. The molecule has 2 atom stereocenters. The topological polar surface area (TPSA) is 136 Å². The number of aliphatic hydroxyl groups is 1. The Morgan fingerprint density at radius 3 is 2.49 bits per heavy atom. The number of nitrogens with one attached hydrogen (secondary N) is 1. The van der Waals surface area contributed by atoms with Crippen molar-refractivity contribution < 1.29 is 29.4 Å². The molecule has 0 aromatic heterocycles. The van der Waals surface area contributed by atoms with Gasteiger partial charge in [-0.05, 0) is 42.2 Å². The van der Waals surface area contributed by atoms with E-state index in [2.05, 4.69) is 10.3 Å². The lowest BCUT2D eigenvalue weighted by Crippen LogP contribution is -2.52. The van der Waals surface area contributed by atoms with E-state index in [-0.39, 0.29) is 72.8 Å². The van der Waals surface area contributed by atoms with Crippen molar-refractivity contribution in [3.8, 4) is 5.75 Å². The molecule has 9 heteroatoms. The number of carbonyl (C=O) groups excluding carboxylic acids is 4. The molecule has 2 unspecified atom stereocenters. The van der Waals surface area contributed by atoms with Gasteiger partial charge < -0.3 is 15.1 Å². The van der Waals surface area contributed by atoms with Crippen molar-refractivity contribution in [1.82, 2.24) is 10.2 Å². The van der Waals surface area contributed by atoms with E-state index < -0.39 is 11.9 Å². The van der Waals surface area contributed by atoms with Crippen LogP contribution in [0.3, 0.4) is 0 Å². The summed E-state index contributed by atoms with van der Waals surface area (Å²) >= 11 is 0. The Kier molecular flexibility index (Phi) is 5.68. The third kappa shape index (κ3) is 4.21. The van der Waals surface area contributed by atoms with Crippen molar-refractivity contribution >= 4 is 35.4 Å². The number of ketones is 1. The third-order valence-electron chi connectivity index (χ3n) is 6.74. The van der Waals surface area contributed by atoms with Gasteiger partial charge >= 0.3 is 0 Å². The average molecular weight is 473 g/mol. The molecule has 3 N–H and O–H groups in total. The summed E-state index contributed by atoms with van der Waals surface area (Å²) in [5, 5.41) is 22.3. The lowest BCUT2D eigenvalue weighted by Gasteiger charge is -2.29. The van der Waals surface area contributed by atoms with E-state index >= 15 is 0 Å². The Bertz CT molecular complexity index is 1310. The van der Waals surface area contributed by atoms with Crippen molar-refractivity contribution in [3.63, 3.8) is 0 Å². The molecule has 0 bridgehead atoms. The molecule has 178 valence electrons. The molecule has 1 aliphatic carbocycles. The van der Waals surface area contributed by atoms with Gasteiger partial charge in [0.05, 0.1) is 11.3 Å². The fraction of sp³-hybridized carbons (Fsp3) is 0.269. The normalized spacial score (nSPS) is 22.7. The molecule has 2 aromatic rings. The van der Waals surface area contributed by atoms with Gasteiger partial charge in [0, 0.05) is 43.1 Å². The van der Waals surface area contributed by atoms with Crippen LogP contribution in [-0.2, 0) is 20.9 Å². The predicted molar refractivity (Wildman–Crippen MR) is 125 cm³/mol. The van der Waals surface area contributed by atoms with Crippen LogP contribution < -0.4 is 5.32 Å². The first-order chi connectivity index (χ1) is 16.8. The van der Waals surface area contributed by atoms with Crippen LogP contribution in [0.4, 0.5) is 5.69 Å². The highest BCUT2D eigenvalue weighted by Gasteiger charge is 2.39. The Hall–Kier alpha value is -4.27. The molecule has 1 saturated heterocycles. The molecule has 35 heavy (non-hydrogen) atoms. The monoisotopic (exact) mass is 473 g/mol. The van der Waals surface area contributed by atoms with Gasteiger partial charge in [0.25, 0.3) is 5.91 Å². The van der Waals surface area contributed by atoms with Gasteiger partial charge in [-0.15, -0.1) is 0 Å². The van der Waals surface area contributed by atoms with Crippen LogP contribution in [0.1, 0.15) is 53.1 Å². The predicted octanol–water partition coefficient (Wildman–Crippen LogP) is 2.81. The van der Waals surface area contributed by atoms with E-state index in [1.54, 1.807) is 42.5 Å². The van der Waals surface area contributed by atoms with E-state index in [1.807, 2.05) is 0 Å². The number of allylic oxidation sites excluding steroid dienone is 2. The molecule has 1 fully saturated rings. The Labute approximate surface area is 200 Å². The van der Waals surface area contributed by atoms with Crippen LogP contribution in [0, 0.1) is 0 Å². The number of amides is 3. The second kappa shape index (κ2) is 8.83. The summed E-state index contributed by atoms with van der Waals surface area (Å²) in [6.07, 6.45) is 2.24. The zero-order valence-electron chi connectivity index (χ0n) is 18.7. The largest absolute Gasteiger partial charge is 0.511 e. The maximum atomic E-state index is 13.0. The number of benzene rings is 2. The summed E-state index contributed by atoms with van der Waals surface area (Å²) in [4.78, 5) is 55.4. The summed E-state index contributed by atoms with van der Waals surface area (Å²) < 4.78 is 0. The van der Waals surface area contributed by atoms with Gasteiger partial charge in [0.15, 0.2) is 5.78 Å². The summed E-state index contributed by atoms with van der Waals surface area (Å²) in [5.74, 6) is -1.51. The minimum absolute atomic E-state index is 0.0584. The van der Waals surface area contributed by atoms with Crippen LogP contribution in [0.25, 0.3) is 0 Å². The number of nitrogens with zero attached hydrogens (tertiary/aromatic N) is 2. The van der Waals surface area contributed by atoms with E-state index in [4.69, 9.17) is 0 Å². The van der Waals surface area contributed by atoms with Gasteiger partial charge in [0.2, 0.25) is 11.8 Å². The number of aromatic hydroxyl groups is 1. The van der Waals surface area contributed by atoms with Gasteiger partial charge in [-0.25, -0.2) is 0 Å². The summed E-state index contributed by atoms with van der Waals surface area (Å²) in [7, 11) is 0. The second-order valence-electron chi connectivity index (χ2n) is 8.94. The van der Waals surface area contributed by atoms with E-state index in [1.165, 1.54) is 11.1 Å². The maximum absolute atomic E-state index is 13.0. The summed E-state index contributed by atoms with van der Waals surface area (Å²) in [6, 6.07) is 10.9. The number of phenolic OH excluding ortho intramolecular Hbond substituents is 1. The molecule has 2 aromatic carbocycles. The van der Waals surface area contributed by atoms with E-state index in [0.29, 0.717) is 16.8 Å².